The monoisotopic (exact) mass is 107 g/mol. The van der Waals surface area contributed by atoms with Gasteiger partial charge in [-0.25, -0.2) is 0 Å². The molecule has 0 aliphatic heterocycles. The quantitative estimate of drug-likeness (QED) is 0.363. The Labute approximate surface area is 45.1 Å². The van der Waals surface area contributed by atoms with Crippen LogP contribution in [0.2, 0.25) is 0 Å². The fourth-order valence-electron chi connectivity index (χ4n) is 0. The molecule has 0 aromatic heterocycles. The van der Waals surface area contributed by atoms with Crippen molar-refractivity contribution in [1.82, 2.24) is 0 Å². The van der Waals surface area contributed by atoms with Crippen molar-refractivity contribution in [3.63, 3.8) is 0 Å². The zero-order valence-electron chi connectivity index (χ0n) is 2.82. The first-order valence-electron chi connectivity index (χ1n) is 0.908. The molecule has 0 heterocycles. The van der Waals surface area contributed by atoms with E-state index in [1.54, 1.807) is 0 Å². The van der Waals surface area contributed by atoms with Crippen LogP contribution in [0.3, 0.4) is 0 Å². The number of aliphatic carboxylic acids is 1. The van der Waals surface area contributed by atoms with Crippen LogP contribution >= 0.6 is 0 Å². The van der Waals surface area contributed by atoms with Crippen LogP contribution in [-0.2, 0) is 26.5 Å². The van der Waals surface area contributed by atoms with Crippen LogP contribution in [0.1, 0.15) is 6.92 Å². The first-order valence-corrected chi connectivity index (χ1v) is 0.908. The molecule has 0 spiro atoms. The molecule has 0 unspecified atom stereocenters. The summed E-state index contributed by atoms with van der Waals surface area (Å²) in [6.45, 7) is 0.972. The summed E-state index contributed by atoms with van der Waals surface area (Å²) in [5, 5.41) is 8.89. The number of carboxylic acids is 1. The molecule has 2 nitrogen and oxygen atoms in total. The van der Waals surface area contributed by atoms with Crippen LogP contribution in [-0.4, -0.2) is 5.97 Å². The zero-order valence-corrected chi connectivity index (χ0v) is 4.38. The second-order valence-corrected chi connectivity index (χ2v) is 0.492. The summed E-state index contributed by atoms with van der Waals surface area (Å²) in [5.74, 6) is -1.08. The number of rotatable bonds is 0. The Hall–Kier alpha value is 0.184. The van der Waals surface area contributed by atoms with Crippen LogP contribution in [0.15, 0.2) is 0 Å². The molecule has 0 amide bonds. The molecule has 0 saturated carbocycles. The fourth-order valence-corrected chi connectivity index (χ4v) is 0. The van der Waals surface area contributed by atoms with E-state index in [9.17, 15) is 0 Å². The van der Waals surface area contributed by atoms with Gasteiger partial charge in [0.05, 0.1) is 0 Å². The minimum absolute atomic E-state index is 0. The minimum Gasteiger partial charge on any atom is -0.550 e. The van der Waals surface area contributed by atoms with Gasteiger partial charge in [0.25, 0.3) is 0 Å². The van der Waals surface area contributed by atoms with Crippen molar-refractivity contribution in [2.45, 2.75) is 6.92 Å². The number of carbonyl (C=O) groups is 1. The third kappa shape index (κ3) is 588. The predicted molar refractivity (Wildman–Crippen MR) is 10.7 cm³/mol. The number of carboxylic acid groups (broad SMARTS) is 1. The van der Waals surface area contributed by atoms with Crippen LogP contribution in [0.4, 0.5) is 0 Å². The zero-order chi connectivity index (χ0) is 3.58. The van der Waals surface area contributed by atoms with Gasteiger partial charge < -0.3 is 9.90 Å². The molecular formula is C2H3O2Ti. The Balaban J connectivity index is 0. The van der Waals surface area contributed by atoms with Crippen molar-refractivity contribution in [2.24, 2.45) is 0 Å². The van der Waals surface area contributed by atoms with E-state index in [1.807, 2.05) is 0 Å². The third-order valence-corrected chi connectivity index (χ3v) is 0. The number of hydrogen-bond donors (Lipinski definition) is 0. The molecule has 0 aromatic carbocycles. The Morgan fingerprint density at radius 3 is 1.80 bits per heavy atom. The van der Waals surface area contributed by atoms with E-state index in [1.165, 1.54) is 0 Å². The molecule has 0 aliphatic rings. The molecular weight excluding hydrogens is 104 g/mol. The number of carbonyl (C=O) groups excluding carboxylic acids is 1. The minimum atomic E-state index is -1.08. The summed E-state index contributed by atoms with van der Waals surface area (Å²) in [4.78, 5) is 8.89. The van der Waals surface area contributed by atoms with E-state index >= 15 is 0 Å². The third-order valence-electron chi connectivity index (χ3n) is 0. The molecule has 0 N–H and O–H groups in total. The van der Waals surface area contributed by atoms with Gasteiger partial charge in [0.15, 0.2) is 0 Å². The smallest absolute Gasteiger partial charge is 0.550 e. The Bertz CT molecular complexity index is 30.6. The summed E-state index contributed by atoms with van der Waals surface area (Å²) >= 11 is 0. The second-order valence-electron chi connectivity index (χ2n) is 0.492. The summed E-state index contributed by atoms with van der Waals surface area (Å²) in [7, 11) is 0. The average Bonchev–Trinajstić information content (AvgIpc) is 0.811. The first-order chi connectivity index (χ1) is 1.73. The summed E-state index contributed by atoms with van der Waals surface area (Å²) in [5.41, 5.74) is 0. The van der Waals surface area contributed by atoms with Crippen molar-refractivity contribution < 1.29 is 31.6 Å². The van der Waals surface area contributed by atoms with E-state index in [4.69, 9.17) is 9.90 Å². The maximum Gasteiger partial charge on any atom is 1.00 e. The van der Waals surface area contributed by atoms with Crippen LogP contribution in [0.25, 0.3) is 0 Å². The van der Waals surface area contributed by atoms with Crippen LogP contribution < -0.4 is 5.11 Å². The molecule has 0 aliphatic carbocycles. The maximum absolute atomic E-state index is 8.89. The van der Waals surface area contributed by atoms with Gasteiger partial charge in [-0.1, -0.05) is 0 Å². The van der Waals surface area contributed by atoms with E-state index in [2.05, 4.69) is 0 Å². The Morgan fingerprint density at radius 2 is 1.80 bits per heavy atom. The average molecular weight is 107 g/mol. The molecule has 1 radical (unpaired) electrons. The molecule has 0 saturated heterocycles. The standard InChI is InChI=1S/C2H4O2.Ti/c1-2(3)4;/h1H3,(H,3,4);/q;+1/p-1. The van der Waals surface area contributed by atoms with Gasteiger partial charge in [-0.15, -0.1) is 0 Å². The van der Waals surface area contributed by atoms with Crippen molar-refractivity contribution in [1.29, 1.82) is 0 Å². The summed E-state index contributed by atoms with van der Waals surface area (Å²) in [6.07, 6.45) is 0. The van der Waals surface area contributed by atoms with E-state index in [0.29, 0.717) is 0 Å². The van der Waals surface area contributed by atoms with Crippen molar-refractivity contribution in [2.75, 3.05) is 0 Å². The molecule has 0 aromatic rings. The van der Waals surface area contributed by atoms with Gasteiger partial charge in [-0.3, -0.25) is 0 Å². The van der Waals surface area contributed by atoms with Crippen LogP contribution in [0, 0.1) is 0 Å². The number of hydrogen-bond acceptors (Lipinski definition) is 2. The predicted octanol–water partition coefficient (Wildman–Crippen LogP) is -1.25. The van der Waals surface area contributed by atoms with Gasteiger partial charge >= 0.3 is 21.7 Å². The Morgan fingerprint density at radius 1 is 1.80 bits per heavy atom. The summed E-state index contributed by atoms with van der Waals surface area (Å²) < 4.78 is 0. The molecule has 5 heavy (non-hydrogen) atoms. The molecule has 0 atom stereocenters. The van der Waals surface area contributed by atoms with Crippen molar-refractivity contribution >= 4 is 5.97 Å². The summed E-state index contributed by atoms with van der Waals surface area (Å²) in [6, 6.07) is 0. The van der Waals surface area contributed by atoms with Gasteiger partial charge in [-0.05, 0) is 6.92 Å². The van der Waals surface area contributed by atoms with E-state index < -0.39 is 5.97 Å². The normalized spacial score (nSPS) is 5.00. The van der Waals surface area contributed by atoms with Gasteiger partial charge in [0.2, 0.25) is 0 Å². The Kier molecular flexibility index (Phi) is 7.49. The van der Waals surface area contributed by atoms with Gasteiger partial charge in [0, 0.05) is 5.97 Å². The molecule has 3 heteroatoms. The molecule has 0 rings (SSSR count). The first kappa shape index (κ1) is 8.95. The SMILES string of the molecule is CC(=O)[O-].[Ti+]. The fraction of sp³-hybridized carbons (Fsp3) is 0.500. The van der Waals surface area contributed by atoms with Gasteiger partial charge in [0.1, 0.15) is 0 Å². The van der Waals surface area contributed by atoms with Crippen molar-refractivity contribution in [3.05, 3.63) is 0 Å². The van der Waals surface area contributed by atoms with E-state index in [-0.39, 0.29) is 21.7 Å². The largest absolute Gasteiger partial charge is 1.00 e. The molecule has 27 valence electrons. The van der Waals surface area contributed by atoms with Crippen molar-refractivity contribution in [3.8, 4) is 0 Å². The van der Waals surface area contributed by atoms with E-state index in [0.717, 1.165) is 6.92 Å². The van der Waals surface area contributed by atoms with Gasteiger partial charge in [-0.2, -0.15) is 0 Å². The maximum atomic E-state index is 8.89. The molecule has 0 bridgehead atoms. The second kappa shape index (κ2) is 4.18. The van der Waals surface area contributed by atoms with Crippen LogP contribution in [0.5, 0.6) is 0 Å². The topological polar surface area (TPSA) is 40.1 Å². The molecule has 0 fully saturated rings.